The highest BCUT2D eigenvalue weighted by atomic mass is 79.9. The summed E-state index contributed by atoms with van der Waals surface area (Å²) in [4.78, 5) is 20.2. The monoisotopic (exact) mass is 359 g/mol. The zero-order valence-corrected chi connectivity index (χ0v) is 13.2. The molecular weight excluding hydrogens is 350 g/mol. The second-order valence-electron chi connectivity index (χ2n) is 3.97. The van der Waals surface area contributed by atoms with Gasteiger partial charge in [0, 0.05) is 34.7 Å². The quantitative estimate of drug-likeness (QED) is 0.849. The number of carbonyl (C=O) groups is 1. The third-order valence-electron chi connectivity index (χ3n) is 2.49. The molecule has 7 heteroatoms. The molecule has 0 fully saturated rings. The first kappa shape index (κ1) is 14.4. The largest absolute Gasteiger partial charge is 0.351 e. The maximum absolute atomic E-state index is 12.0. The normalized spacial score (nSPS) is 12.2. The molecule has 0 aliphatic carbocycles. The van der Waals surface area contributed by atoms with E-state index in [1.807, 2.05) is 12.3 Å². The third kappa shape index (κ3) is 3.75. The van der Waals surface area contributed by atoms with Crippen LogP contribution in [-0.4, -0.2) is 22.4 Å². The summed E-state index contributed by atoms with van der Waals surface area (Å²) in [7, 11) is 0. The number of rotatable bonds is 4. The number of thiazole rings is 1. The minimum Gasteiger partial charge on any atom is -0.351 e. The van der Waals surface area contributed by atoms with Gasteiger partial charge in [0.2, 0.25) is 0 Å². The van der Waals surface area contributed by atoms with Gasteiger partial charge in [-0.25, -0.2) is 9.97 Å². The van der Waals surface area contributed by atoms with E-state index in [1.54, 1.807) is 29.8 Å². The van der Waals surface area contributed by atoms with Crippen LogP contribution in [-0.2, 0) is 0 Å². The minimum absolute atomic E-state index is 0.169. The van der Waals surface area contributed by atoms with E-state index in [4.69, 9.17) is 11.6 Å². The van der Waals surface area contributed by atoms with Crippen LogP contribution in [0.1, 0.15) is 28.2 Å². The molecule has 2 aromatic heterocycles. The number of nitrogens with one attached hydrogen (secondary N) is 1. The number of hydrogen-bond acceptors (Lipinski definition) is 4. The molecule has 1 atom stereocenters. The SMILES string of the molecule is CC(CNC(=O)c1cc(Br)cnc1Cl)c1nccs1. The summed E-state index contributed by atoms with van der Waals surface area (Å²) in [6.45, 7) is 2.52. The second kappa shape index (κ2) is 6.45. The lowest BCUT2D eigenvalue weighted by molar-refractivity contribution is 0.0951. The number of halogens is 2. The fourth-order valence-corrected chi connectivity index (χ4v) is 2.71. The molecule has 0 aromatic carbocycles. The van der Waals surface area contributed by atoms with E-state index < -0.39 is 0 Å². The summed E-state index contributed by atoms with van der Waals surface area (Å²) < 4.78 is 0.718. The van der Waals surface area contributed by atoms with Crippen molar-refractivity contribution >= 4 is 44.8 Å². The maximum Gasteiger partial charge on any atom is 0.254 e. The molecule has 2 rings (SSSR count). The van der Waals surface area contributed by atoms with Crippen LogP contribution in [0.5, 0.6) is 0 Å². The van der Waals surface area contributed by atoms with Gasteiger partial charge in [0.05, 0.1) is 10.6 Å². The van der Waals surface area contributed by atoms with Crippen LogP contribution in [0.3, 0.4) is 0 Å². The van der Waals surface area contributed by atoms with Crippen molar-refractivity contribution in [3.8, 4) is 0 Å². The molecule has 0 saturated heterocycles. The van der Waals surface area contributed by atoms with Crippen LogP contribution in [0.2, 0.25) is 5.15 Å². The first-order valence-electron chi connectivity index (χ1n) is 5.56. The van der Waals surface area contributed by atoms with E-state index in [2.05, 4.69) is 31.2 Å². The molecule has 1 N–H and O–H groups in total. The molecule has 0 aliphatic rings. The summed E-state index contributed by atoms with van der Waals surface area (Å²) in [5, 5.41) is 5.95. The summed E-state index contributed by atoms with van der Waals surface area (Å²) in [6.07, 6.45) is 3.31. The first-order valence-corrected chi connectivity index (χ1v) is 7.61. The average molecular weight is 361 g/mol. The molecule has 1 unspecified atom stereocenters. The van der Waals surface area contributed by atoms with Crippen molar-refractivity contribution in [2.45, 2.75) is 12.8 Å². The van der Waals surface area contributed by atoms with Crippen LogP contribution in [0.4, 0.5) is 0 Å². The average Bonchev–Trinajstić information content (AvgIpc) is 2.92. The number of nitrogens with zero attached hydrogens (tertiary/aromatic N) is 2. The summed E-state index contributed by atoms with van der Waals surface area (Å²) in [5.41, 5.74) is 0.363. The highest BCUT2D eigenvalue weighted by molar-refractivity contribution is 9.10. The van der Waals surface area contributed by atoms with Crippen molar-refractivity contribution in [2.75, 3.05) is 6.54 Å². The van der Waals surface area contributed by atoms with Crippen molar-refractivity contribution in [3.63, 3.8) is 0 Å². The van der Waals surface area contributed by atoms with E-state index in [0.717, 1.165) is 9.48 Å². The van der Waals surface area contributed by atoms with E-state index in [-0.39, 0.29) is 17.0 Å². The Bertz CT molecular complexity index is 576. The second-order valence-corrected chi connectivity index (χ2v) is 6.17. The predicted octanol–water partition coefficient (Wildman–Crippen LogP) is 3.49. The van der Waals surface area contributed by atoms with Crippen molar-refractivity contribution in [1.82, 2.24) is 15.3 Å². The molecule has 0 spiro atoms. The summed E-state index contributed by atoms with van der Waals surface area (Å²) >= 11 is 10.7. The fraction of sp³-hybridized carbons (Fsp3) is 0.250. The van der Waals surface area contributed by atoms with Crippen molar-refractivity contribution in [1.29, 1.82) is 0 Å². The molecule has 4 nitrogen and oxygen atoms in total. The molecule has 100 valence electrons. The van der Waals surface area contributed by atoms with Gasteiger partial charge in [-0.15, -0.1) is 11.3 Å². The van der Waals surface area contributed by atoms with Crippen LogP contribution >= 0.6 is 38.9 Å². The summed E-state index contributed by atoms with van der Waals surface area (Å²) in [5.74, 6) is -0.0648. The highest BCUT2D eigenvalue weighted by Crippen LogP contribution is 2.19. The van der Waals surface area contributed by atoms with Crippen LogP contribution in [0, 0.1) is 0 Å². The van der Waals surface area contributed by atoms with Gasteiger partial charge in [-0.05, 0) is 22.0 Å². The van der Waals surface area contributed by atoms with E-state index in [9.17, 15) is 4.79 Å². The molecule has 0 aliphatic heterocycles. The number of amides is 1. The highest BCUT2D eigenvalue weighted by Gasteiger charge is 2.14. The van der Waals surface area contributed by atoms with Gasteiger partial charge in [0.1, 0.15) is 5.15 Å². The van der Waals surface area contributed by atoms with Crippen LogP contribution in [0.15, 0.2) is 28.3 Å². The minimum atomic E-state index is -0.234. The Hall–Kier alpha value is -0.980. The molecule has 2 aromatic rings. The van der Waals surface area contributed by atoms with E-state index >= 15 is 0 Å². The Morgan fingerprint density at radius 3 is 3.05 bits per heavy atom. The molecule has 0 bridgehead atoms. The Morgan fingerprint density at radius 2 is 2.37 bits per heavy atom. The number of aromatic nitrogens is 2. The van der Waals surface area contributed by atoms with Gasteiger partial charge in [-0.1, -0.05) is 18.5 Å². The van der Waals surface area contributed by atoms with Crippen LogP contribution in [0.25, 0.3) is 0 Å². The lowest BCUT2D eigenvalue weighted by Gasteiger charge is -2.10. The zero-order chi connectivity index (χ0) is 13.8. The predicted molar refractivity (Wildman–Crippen MR) is 79.8 cm³/mol. The molecular formula is C12H11BrClN3OS. The molecule has 1 amide bonds. The van der Waals surface area contributed by atoms with Gasteiger partial charge >= 0.3 is 0 Å². The lowest BCUT2D eigenvalue weighted by atomic mass is 10.2. The van der Waals surface area contributed by atoms with Gasteiger partial charge in [-0.2, -0.15) is 0 Å². The number of pyridine rings is 1. The van der Waals surface area contributed by atoms with E-state index in [1.165, 1.54) is 0 Å². The van der Waals surface area contributed by atoms with Gasteiger partial charge < -0.3 is 5.32 Å². The summed E-state index contributed by atoms with van der Waals surface area (Å²) in [6, 6.07) is 1.65. The molecule has 0 radical (unpaired) electrons. The van der Waals surface area contributed by atoms with Crippen molar-refractivity contribution < 1.29 is 4.79 Å². The number of carbonyl (C=O) groups excluding carboxylic acids is 1. The van der Waals surface area contributed by atoms with Gasteiger partial charge in [0.15, 0.2) is 0 Å². The molecule has 2 heterocycles. The Morgan fingerprint density at radius 1 is 1.58 bits per heavy atom. The van der Waals surface area contributed by atoms with Gasteiger partial charge in [-0.3, -0.25) is 4.79 Å². The Labute approximate surface area is 128 Å². The van der Waals surface area contributed by atoms with Gasteiger partial charge in [0.25, 0.3) is 5.91 Å². The number of hydrogen-bond donors (Lipinski definition) is 1. The lowest BCUT2D eigenvalue weighted by Crippen LogP contribution is -2.27. The standard InChI is InChI=1S/C12H11BrClN3OS/c1-7(12-15-2-3-19-12)5-17-11(18)9-4-8(13)6-16-10(9)14/h2-4,6-7H,5H2,1H3,(H,17,18). The van der Waals surface area contributed by atoms with Crippen LogP contribution < -0.4 is 5.32 Å². The third-order valence-corrected chi connectivity index (χ3v) is 4.23. The fourth-order valence-electron chi connectivity index (χ4n) is 1.49. The van der Waals surface area contributed by atoms with Crippen molar-refractivity contribution in [3.05, 3.63) is 44.0 Å². The first-order chi connectivity index (χ1) is 9.08. The van der Waals surface area contributed by atoms with Crippen molar-refractivity contribution in [2.24, 2.45) is 0 Å². The maximum atomic E-state index is 12.0. The Kier molecular flexibility index (Phi) is 4.90. The topological polar surface area (TPSA) is 54.9 Å². The zero-order valence-electron chi connectivity index (χ0n) is 10.1. The van der Waals surface area contributed by atoms with E-state index in [0.29, 0.717) is 12.1 Å². The molecule has 19 heavy (non-hydrogen) atoms. The Balaban J connectivity index is 2.00. The molecule has 0 saturated carbocycles. The smallest absolute Gasteiger partial charge is 0.254 e.